The number of nitrogens with one attached hydrogen (secondary N) is 2. The van der Waals surface area contributed by atoms with Gasteiger partial charge in [0.15, 0.2) is 0 Å². The van der Waals surface area contributed by atoms with Gasteiger partial charge in [-0.15, -0.1) is 0 Å². The van der Waals surface area contributed by atoms with E-state index in [0.717, 1.165) is 6.42 Å². The Morgan fingerprint density at radius 3 is 2.47 bits per heavy atom. The Kier molecular flexibility index (Phi) is 7.52. The molecule has 10 nitrogen and oxygen atoms in total. The number of carbonyl (C=O) groups excluding carboxylic acids is 1. The predicted octanol–water partition coefficient (Wildman–Crippen LogP) is 1.34. The number of aromatic nitrogens is 1. The second-order valence-corrected chi connectivity index (χ2v) is 9.69. The van der Waals surface area contributed by atoms with Gasteiger partial charge in [-0.3, -0.25) is 14.4 Å². The van der Waals surface area contributed by atoms with Crippen LogP contribution >= 0.6 is 0 Å². The molecule has 0 spiro atoms. The molecule has 0 aliphatic carbocycles. The van der Waals surface area contributed by atoms with Crippen molar-refractivity contribution in [3.05, 3.63) is 29.8 Å². The fourth-order valence-electron chi connectivity index (χ4n) is 3.52. The number of aromatic carboxylic acids is 1. The van der Waals surface area contributed by atoms with Crippen molar-refractivity contribution < 1.29 is 23.1 Å². The third-order valence-corrected chi connectivity index (χ3v) is 6.62. The van der Waals surface area contributed by atoms with E-state index in [1.165, 1.54) is 19.1 Å². The summed E-state index contributed by atoms with van der Waals surface area (Å²) in [6.07, 6.45) is 0.894. The lowest BCUT2D eigenvalue weighted by molar-refractivity contribution is -0.122. The molecule has 0 atom stereocenters. The van der Waals surface area contributed by atoms with E-state index >= 15 is 0 Å². The van der Waals surface area contributed by atoms with E-state index in [2.05, 4.69) is 19.9 Å². The van der Waals surface area contributed by atoms with Crippen molar-refractivity contribution in [3.63, 3.8) is 0 Å². The molecule has 0 bridgehead atoms. The number of benzene rings is 1. The summed E-state index contributed by atoms with van der Waals surface area (Å²) in [6.45, 7) is 7.11. The van der Waals surface area contributed by atoms with Gasteiger partial charge in [-0.1, -0.05) is 6.92 Å². The van der Waals surface area contributed by atoms with Crippen LogP contribution in [0.25, 0.3) is 10.9 Å². The standard InChI is InChI=1S/C21H29N5O5S/c1-3-7-22-20(27)14-25-8-10-26(11-9-25)19-13-17(21(28)29)16-12-15(5-6-18(16)23-19)24-32(30,31)4-2/h5-6,12-13,24H,3-4,7-11,14H2,1-2H3,(H,22,27)(H,28,29). The highest BCUT2D eigenvalue weighted by Gasteiger charge is 2.22. The number of carboxylic acids is 1. The van der Waals surface area contributed by atoms with Gasteiger partial charge in [-0.05, 0) is 37.6 Å². The number of piperazine rings is 1. The quantitative estimate of drug-likeness (QED) is 0.508. The number of carbonyl (C=O) groups is 2. The van der Waals surface area contributed by atoms with Crippen LogP contribution in [-0.4, -0.2) is 80.3 Å². The number of carboxylic acid groups (broad SMARTS) is 1. The van der Waals surface area contributed by atoms with Gasteiger partial charge in [-0.2, -0.15) is 0 Å². The molecule has 3 N–H and O–H groups in total. The molecule has 1 aromatic carbocycles. The Morgan fingerprint density at radius 2 is 1.84 bits per heavy atom. The highest BCUT2D eigenvalue weighted by Crippen LogP contribution is 2.27. The summed E-state index contributed by atoms with van der Waals surface area (Å²) in [5, 5.41) is 13.0. The van der Waals surface area contributed by atoms with Crippen molar-refractivity contribution in [2.24, 2.45) is 0 Å². The van der Waals surface area contributed by atoms with Crippen LogP contribution in [-0.2, 0) is 14.8 Å². The lowest BCUT2D eigenvalue weighted by Gasteiger charge is -2.35. The first kappa shape index (κ1) is 23.7. The van der Waals surface area contributed by atoms with Crippen LogP contribution in [0.5, 0.6) is 0 Å². The van der Waals surface area contributed by atoms with Gasteiger partial charge >= 0.3 is 5.97 Å². The van der Waals surface area contributed by atoms with Crippen LogP contribution in [0.4, 0.5) is 11.5 Å². The van der Waals surface area contributed by atoms with E-state index in [9.17, 15) is 23.1 Å². The van der Waals surface area contributed by atoms with Gasteiger partial charge in [0.25, 0.3) is 0 Å². The fourth-order valence-corrected chi connectivity index (χ4v) is 4.15. The molecule has 32 heavy (non-hydrogen) atoms. The first-order valence-electron chi connectivity index (χ1n) is 10.6. The molecule has 1 aromatic heterocycles. The Balaban J connectivity index is 1.78. The molecule has 1 aliphatic rings. The second-order valence-electron chi connectivity index (χ2n) is 7.68. The van der Waals surface area contributed by atoms with Gasteiger partial charge in [0.1, 0.15) is 5.82 Å². The maximum atomic E-state index is 11.9. The second kappa shape index (κ2) is 10.1. The van der Waals surface area contributed by atoms with Gasteiger partial charge < -0.3 is 15.3 Å². The topological polar surface area (TPSA) is 132 Å². The molecule has 1 saturated heterocycles. The van der Waals surface area contributed by atoms with Gasteiger partial charge in [0, 0.05) is 43.8 Å². The highest BCUT2D eigenvalue weighted by molar-refractivity contribution is 7.92. The predicted molar refractivity (Wildman–Crippen MR) is 124 cm³/mol. The lowest BCUT2D eigenvalue weighted by Crippen LogP contribution is -2.49. The molecule has 3 rings (SSSR count). The highest BCUT2D eigenvalue weighted by atomic mass is 32.2. The van der Waals surface area contributed by atoms with Crippen LogP contribution in [0, 0.1) is 0 Å². The molecule has 0 radical (unpaired) electrons. The average molecular weight is 464 g/mol. The molecule has 0 saturated carbocycles. The van der Waals surface area contributed by atoms with Crippen molar-refractivity contribution in [2.45, 2.75) is 20.3 Å². The average Bonchev–Trinajstić information content (AvgIpc) is 2.77. The summed E-state index contributed by atoms with van der Waals surface area (Å²) >= 11 is 0. The zero-order valence-electron chi connectivity index (χ0n) is 18.3. The minimum Gasteiger partial charge on any atom is -0.478 e. The smallest absolute Gasteiger partial charge is 0.336 e. The van der Waals surface area contributed by atoms with Crippen molar-refractivity contribution in [3.8, 4) is 0 Å². The summed E-state index contributed by atoms with van der Waals surface area (Å²) in [4.78, 5) is 32.5. The summed E-state index contributed by atoms with van der Waals surface area (Å²) < 4.78 is 26.1. The van der Waals surface area contributed by atoms with Crippen molar-refractivity contribution in [2.75, 3.05) is 54.6 Å². The lowest BCUT2D eigenvalue weighted by atomic mass is 10.1. The first-order chi connectivity index (χ1) is 15.2. The largest absolute Gasteiger partial charge is 0.478 e. The van der Waals surface area contributed by atoms with Crippen LogP contribution in [0.2, 0.25) is 0 Å². The number of hydrogen-bond acceptors (Lipinski definition) is 7. The zero-order chi connectivity index (χ0) is 23.3. The number of anilines is 2. The molecule has 2 heterocycles. The van der Waals surface area contributed by atoms with Crippen LogP contribution < -0.4 is 14.9 Å². The third-order valence-electron chi connectivity index (χ3n) is 5.31. The Labute approximate surface area is 187 Å². The van der Waals surface area contributed by atoms with E-state index in [1.807, 2.05) is 11.8 Å². The third kappa shape index (κ3) is 5.86. The normalized spacial score (nSPS) is 15.0. The molecule has 1 aliphatic heterocycles. The Hall–Kier alpha value is -2.92. The minimum atomic E-state index is -3.48. The van der Waals surface area contributed by atoms with E-state index in [-0.39, 0.29) is 17.2 Å². The first-order valence-corrected chi connectivity index (χ1v) is 12.3. The summed E-state index contributed by atoms with van der Waals surface area (Å²) in [6, 6.07) is 6.21. The number of rotatable bonds is 9. The molecular formula is C21H29N5O5S. The van der Waals surface area contributed by atoms with Gasteiger partial charge in [-0.25, -0.2) is 18.2 Å². The molecule has 1 amide bonds. The molecule has 1 fully saturated rings. The fraction of sp³-hybridized carbons (Fsp3) is 0.476. The maximum absolute atomic E-state index is 11.9. The summed E-state index contributed by atoms with van der Waals surface area (Å²) in [5.74, 6) is -0.640. The minimum absolute atomic E-state index is 0.00629. The van der Waals surface area contributed by atoms with Crippen molar-refractivity contribution in [1.29, 1.82) is 0 Å². The van der Waals surface area contributed by atoms with Crippen LogP contribution in [0.1, 0.15) is 30.6 Å². The van der Waals surface area contributed by atoms with Gasteiger partial charge in [0.05, 0.1) is 23.4 Å². The molecule has 2 aromatic rings. The van der Waals surface area contributed by atoms with E-state index in [1.54, 1.807) is 12.1 Å². The summed E-state index contributed by atoms with van der Waals surface area (Å²) in [5.41, 5.74) is 0.830. The number of sulfonamides is 1. The number of pyridine rings is 1. The SMILES string of the molecule is CCCNC(=O)CN1CCN(c2cc(C(=O)O)c3cc(NS(=O)(=O)CC)ccc3n2)CC1. The van der Waals surface area contributed by atoms with Crippen LogP contribution in [0.15, 0.2) is 24.3 Å². The Bertz CT molecular complexity index is 1100. The number of amides is 1. The number of nitrogens with zero attached hydrogens (tertiary/aromatic N) is 3. The van der Waals surface area contributed by atoms with Gasteiger partial charge in [0.2, 0.25) is 15.9 Å². The molecule has 174 valence electrons. The zero-order valence-corrected chi connectivity index (χ0v) is 19.1. The van der Waals surface area contributed by atoms with E-state index in [0.29, 0.717) is 61.7 Å². The van der Waals surface area contributed by atoms with Crippen molar-refractivity contribution >= 4 is 44.3 Å². The molecule has 11 heteroatoms. The molecular weight excluding hydrogens is 434 g/mol. The number of hydrogen-bond donors (Lipinski definition) is 3. The van der Waals surface area contributed by atoms with E-state index < -0.39 is 16.0 Å². The molecule has 0 unspecified atom stereocenters. The maximum Gasteiger partial charge on any atom is 0.336 e. The Morgan fingerprint density at radius 1 is 1.12 bits per heavy atom. The van der Waals surface area contributed by atoms with E-state index in [4.69, 9.17) is 0 Å². The summed E-state index contributed by atoms with van der Waals surface area (Å²) in [7, 11) is -3.48. The van der Waals surface area contributed by atoms with Crippen LogP contribution in [0.3, 0.4) is 0 Å². The van der Waals surface area contributed by atoms with Crippen molar-refractivity contribution in [1.82, 2.24) is 15.2 Å². The monoisotopic (exact) mass is 463 g/mol. The number of fused-ring (bicyclic) bond motifs is 1.